The van der Waals surface area contributed by atoms with Crippen LogP contribution < -0.4 is 0 Å². The highest BCUT2D eigenvalue weighted by atomic mass is 14.2. The molecule has 2 atom stereocenters. The van der Waals surface area contributed by atoms with Gasteiger partial charge in [0.05, 0.1) is 0 Å². The van der Waals surface area contributed by atoms with Crippen molar-refractivity contribution in [3.05, 3.63) is 5.92 Å². The molecule has 0 bridgehead atoms. The predicted octanol–water partition coefficient (Wildman–Crippen LogP) is 3.43. The van der Waals surface area contributed by atoms with E-state index in [0.29, 0.717) is 0 Å². The molecule has 10 heavy (non-hydrogen) atoms. The van der Waals surface area contributed by atoms with Crippen LogP contribution in [-0.2, 0) is 0 Å². The summed E-state index contributed by atoms with van der Waals surface area (Å²) < 4.78 is 0. The molecule has 0 nitrogen and oxygen atoms in total. The summed E-state index contributed by atoms with van der Waals surface area (Å²) in [5, 5.41) is 0. The lowest BCUT2D eigenvalue weighted by Gasteiger charge is -2.16. The molecule has 0 aliphatic heterocycles. The molecule has 1 radical (unpaired) electrons. The van der Waals surface area contributed by atoms with Crippen LogP contribution in [0.2, 0.25) is 0 Å². The number of hydrogen-bond donors (Lipinski definition) is 0. The van der Waals surface area contributed by atoms with Gasteiger partial charge in [-0.3, -0.25) is 0 Å². The quantitative estimate of drug-likeness (QED) is 0.451. The molecular weight excluding hydrogens is 120 g/mol. The Bertz CT molecular complexity index is 96.2. The molecule has 0 aromatic carbocycles. The van der Waals surface area contributed by atoms with Gasteiger partial charge in [0.15, 0.2) is 0 Å². The van der Waals surface area contributed by atoms with Crippen molar-refractivity contribution in [1.29, 1.82) is 0 Å². The first-order valence-electron chi connectivity index (χ1n) is 4.52. The SMILES string of the molecule is C[C]1CCCC(C)CC1C. The summed E-state index contributed by atoms with van der Waals surface area (Å²) in [6, 6.07) is 0. The van der Waals surface area contributed by atoms with E-state index in [1.807, 2.05) is 0 Å². The molecule has 1 rings (SSSR count). The summed E-state index contributed by atoms with van der Waals surface area (Å²) in [4.78, 5) is 0. The van der Waals surface area contributed by atoms with E-state index in [9.17, 15) is 0 Å². The van der Waals surface area contributed by atoms with Crippen LogP contribution in [0.25, 0.3) is 0 Å². The molecule has 1 fully saturated rings. The Hall–Kier alpha value is 0. The maximum Gasteiger partial charge on any atom is -0.0244 e. The van der Waals surface area contributed by atoms with Crippen LogP contribution in [0.15, 0.2) is 0 Å². The lowest BCUT2D eigenvalue weighted by atomic mass is 9.89. The Morgan fingerprint density at radius 2 is 2.00 bits per heavy atom. The van der Waals surface area contributed by atoms with E-state index in [0.717, 1.165) is 11.8 Å². The Labute approximate surface area is 65.0 Å². The monoisotopic (exact) mass is 139 g/mol. The van der Waals surface area contributed by atoms with E-state index >= 15 is 0 Å². The maximum atomic E-state index is 2.38. The van der Waals surface area contributed by atoms with Crippen molar-refractivity contribution in [2.75, 3.05) is 0 Å². The second kappa shape index (κ2) is 3.41. The highest BCUT2D eigenvalue weighted by Gasteiger charge is 2.19. The molecule has 0 aromatic heterocycles. The fourth-order valence-corrected chi connectivity index (χ4v) is 1.90. The fourth-order valence-electron chi connectivity index (χ4n) is 1.90. The molecule has 1 saturated carbocycles. The zero-order chi connectivity index (χ0) is 7.56. The highest BCUT2D eigenvalue weighted by molar-refractivity contribution is 4.92. The molecule has 0 spiro atoms. The molecule has 2 unspecified atom stereocenters. The minimum Gasteiger partial charge on any atom is -0.0625 e. The van der Waals surface area contributed by atoms with Gasteiger partial charge in [-0.05, 0) is 30.6 Å². The summed E-state index contributed by atoms with van der Waals surface area (Å²) in [7, 11) is 0. The van der Waals surface area contributed by atoms with Gasteiger partial charge in [0.2, 0.25) is 0 Å². The first-order chi connectivity index (χ1) is 4.70. The molecule has 1 aliphatic carbocycles. The van der Waals surface area contributed by atoms with Gasteiger partial charge in [-0.1, -0.05) is 33.6 Å². The van der Waals surface area contributed by atoms with Crippen LogP contribution in [0.4, 0.5) is 0 Å². The standard InChI is InChI=1S/C10H19/c1-8-5-4-6-9(2)10(3)7-8/h8,10H,4-7H2,1-3H3. The zero-order valence-electron chi connectivity index (χ0n) is 7.48. The second-order valence-electron chi connectivity index (χ2n) is 3.98. The van der Waals surface area contributed by atoms with Gasteiger partial charge in [0.1, 0.15) is 0 Å². The molecule has 0 aromatic rings. The Kier molecular flexibility index (Phi) is 2.76. The predicted molar refractivity (Wildman–Crippen MR) is 45.7 cm³/mol. The molecule has 0 saturated heterocycles. The first-order valence-corrected chi connectivity index (χ1v) is 4.52. The summed E-state index contributed by atoms with van der Waals surface area (Å²) in [5.41, 5.74) is 0. The van der Waals surface area contributed by atoms with Crippen molar-refractivity contribution >= 4 is 0 Å². The minimum atomic E-state index is 0.887. The molecule has 0 N–H and O–H groups in total. The smallest absolute Gasteiger partial charge is 0.0244 e. The van der Waals surface area contributed by atoms with Gasteiger partial charge in [0.25, 0.3) is 0 Å². The lowest BCUT2D eigenvalue weighted by Crippen LogP contribution is -2.05. The lowest BCUT2D eigenvalue weighted by molar-refractivity contribution is 0.438. The second-order valence-corrected chi connectivity index (χ2v) is 3.98. The average molecular weight is 139 g/mol. The third-order valence-electron chi connectivity index (χ3n) is 2.87. The van der Waals surface area contributed by atoms with Gasteiger partial charge in [-0.15, -0.1) is 0 Å². The van der Waals surface area contributed by atoms with Crippen molar-refractivity contribution in [2.45, 2.75) is 46.5 Å². The van der Waals surface area contributed by atoms with E-state index in [2.05, 4.69) is 20.8 Å². The van der Waals surface area contributed by atoms with Gasteiger partial charge in [-0.2, -0.15) is 0 Å². The van der Waals surface area contributed by atoms with Gasteiger partial charge < -0.3 is 0 Å². The van der Waals surface area contributed by atoms with Crippen molar-refractivity contribution < 1.29 is 0 Å². The van der Waals surface area contributed by atoms with Crippen LogP contribution in [-0.4, -0.2) is 0 Å². The minimum absolute atomic E-state index is 0.887. The van der Waals surface area contributed by atoms with Crippen molar-refractivity contribution in [3.63, 3.8) is 0 Å². The Morgan fingerprint density at radius 3 is 2.70 bits per heavy atom. The topological polar surface area (TPSA) is 0 Å². The summed E-state index contributed by atoms with van der Waals surface area (Å²) in [6.45, 7) is 7.08. The third-order valence-corrected chi connectivity index (χ3v) is 2.87. The summed E-state index contributed by atoms with van der Waals surface area (Å²) in [6.07, 6.45) is 5.68. The van der Waals surface area contributed by atoms with Gasteiger partial charge >= 0.3 is 0 Å². The van der Waals surface area contributed by atoms with Crippen molar-refractivity contribution in [3.8, 4) is 0 Å². The zero-order valence-corrected chi connectivity index (χ0v) is 7.48. The van der Waals surface area contributed by atoms with E-state index < -0.39 is 0 Å². The van der Waals surface area contributed by atoms with E-state index in [1.54, 1.807) is 5.92 Å². The van der Waals surface area contributed by atoms with Crippen molar-refractivity contribution in [2.24, 2.45) is 11.8 Å². The normalized spacial score (nSPS) is 37.5. The largest absolute Gasteiger partial charge is 0.0625 e. The van der Waals surface area contributed by atoms with Gasteiger partial charge in [-0.25, -0.2) is 0 Å². The van der Waals surface area contributed by atoms with E-state index in [1.165, 1.54) is 25.7 Å². The van der Waals surface area contributed by atoms with Crippen LogP contribution in [0, 0.1) is 17.8 Å². The van der Waals surface area contributed by atoms with Crippen LogP contribution >= 0.6 is 0 Å². The molecule has 59 valence electrons. The van der Waals surface area contributed by atoms with Crippen LogP contribution in [0.3, 0.4) is 0 Å². The molecule has 1 aliphatic rings. The third kappa shape index (κ3) is 2.00. The maximum absolute atomic E-state index is 2.38. The summed E-state index contributed by atoms with van der Waals surface area (Å²) >= 11 is 0. The van der Waals surface area contributed by atoms with Crippen LogP contribution in [0.1, 0.15) is 46.5 Å². The van der Waals surface area contributed by atoms with E-state index in [4.69, 9.17) is 0 Å². The average Bonchev–Trinajstić information content (AvgIpc) is 1.96. The number of rotatable bonds is 0. The van der Waals surface area contributed by atoms with Crippen molar-refractivity contribution in [1.82, 2.24) is 0 Å². The highest BCUT2D eigenvalue weighted by Crippen LogP contribution is 2.32. The molecule has 0 heteroatoms. The Morgan fingerprint density at radius 1 is 1.30 bits per heavy atom. The van der Waals surface area contributed by atoms with Gasteiger partial charge in [0, 0.05) is 0 Å². The van der Waals surface area contributed by atoms with E-state index in [-0.39, 0.29) is 0 Å². The summed E-state index contributed by atoms with van der Waals surface area (Å²) in [5.74, 6) is 3.58. The molecule has 0 heterocycles. The fraction of sp³-hybridized carbons (Fsp3) is 0.900. The van der Waals surface area contributed by atoms with Crippen LogP contribution in [0.5, 0.6) is 0 Å². The molecule has 0 amide bonds. The first kappa shape index (κ1) is 8.10. The number of hydrogen-bond acceptors (Lipinski definition) is 0. The Balaban J connectivity index is 2.41. The molecular formula is C10H19.